The van der Waals surface area contributed by atoms with Crippen molar-refractivity contribution in [2.75, 3.05) is 45.9 Å². The van der Waals surface area contributed by atoms with Gasteiger partial charge in [0, 0.05) is 56.6 Å². The first-order valence-electron chi connectivity index (χ1n) is 10.7. The fourth-order valence-electron chi connectivity index (χ4n) is 4.32. The van der Waals surface area contributed by atoms with Gasteiger partial charge < -0.3 is 9.64 Å². The van der Waals surface area contributed by atoms with E-state index in [1.807, 2.05) is 46.6 Å². The van der Waals surface area contributed by atoms with Gasteiger partial charge in [-0.05, 0) is 36.4 Å². The predicted molar refractivity (Wildman–Crippen MR) is 117 cm³/mol. The third kappa shape index (κ3) is 5.81. The SMILES string of the molecule is O=C1CC[C@H](N2CCN(Cc3cccs3)CC2)CCN1CCOc1ccccc1. The highest BCUT2D eigenvalue weighted by Crippen LogP contribution is 2.21. The van der Waals surface area contributed by atoms with Gasteiger partial charge >= 0.3 is 0 Å². The van der Waals surface area contributed by atoms with Gasteiger partial charge in [0.15, 0.2) is 0 Å². The van der Waals surface area contributed by atoms with Crippen LogP contribution in [-0.2, 0) is 11.3 Å². The number of thiophene rings is 1. The van der Waals surface area contributed by atoms with Gasteiger partial charge in [0.25, 0.3) is 0 Å². The lowest BCUT2D eigenvalue weighted by molar-refractivity contribution is -0.131. The maximum atomic E-state index is 12.6. The van der Waals surface area contributed by atoms with E-state index < -0.39 is 0 Å². The van der Waals surface area contributed by atoms with E-state index in [4.69, 9.17) is 4.74 Å². The fraction of sp³-hybridized carbons (Fsp3) is 0.522. The zero-order chi connectivity index (χ0) is 19.9. The maximum absolute atomic E-state index is 12.6. The van der Waals surface area contributed by atoms with Crippen LogP contribution in [0.3, 0.4) is 0 Å². The zero-order valence-electron chi connectivity index (χ0n) is 17.0. The number of nitrogens with zero attached hydrogens (tertiary/aromatic N) is 3. The number of likely N-dealkylation sites (tertiary alicyclic amines) is 1. The summed E-state index contributed by atoms with van der Waals surface area (Å²) in [5, 5.41) is 2.16. The Kier molecular flexibility index (Phi) is 7.19. The fourth-order valence-corrected chi connectivity index (χ4v) is 5.07. The first-order chi connectivity index (χ1) is 14.3. The molecule has 2 saturated heterocycles. The molecule has 0 N–H and O–H groups in total. The van der Waals surface area contributed by atoms with Crippen LogP contribution in [0.2, 0.25) is 0 Å². The number of rotatable bonds is 7. The number of hydrogen-bond donors (Lipinski definition) is 0. The Morgan fingerprint density at radius 2 is 1.79 bits per heavy atom. The number of hydrogen-bond acceptors (Lipinski definition) is 5. The van der Waals surface area contributed by atoms with Gasteiger partial charge in [-0.2, -0.15) is 0 Å². The minimum atomic E-state index is 0.278. The molecule has 1 amide bonds. The summed E-state index contributed by atoms with van der Waals surface area (Å²) in [6, 6.07) is 14.7. The van der Waals surface area contributed by atoms with Gasteiger partial charge in [0.05, 0.1) is 6.54 Å². The molecule has 2 aromatic rings. The molecule has 156 valence electrons. The van der Waals surface area contributed by atoms with Crippen LogP contribution in [0.5, 0.6) is 5.75 Å². The second-order valence-corrected chi connectivity index (χ2v) is 8.95. The highest BCUT2D eigenvalue weighted by molar-refractivity contribution is 7.09. The van der Waals surface area contributed by atoms with Crippen molar-refractivity contribution in [1.29, 1.82) is 0 Å². The average molecular weight is 414 g/mol. The van der Waals surface area contributed by atoms with E-state index in [1.54, 1.807) is 0 Å². The van der Waals surface area contributed by atoms with Crippen molar-refractivity contribution in [3.8, 4) is 5.75 Å². The van der Waals surface area contributed by atoms with Crippen LogP contribution in [-0.4, -0.2) is 72.5 Å². The smallest absolute Gasteiger partial charge is 0.222 e. The molecule has 2 aliphatic rings. The number of carbonyl (C=O) groups excluding carboxylic acids is 1. The van der Waals surface area contributed by atoms with E-state index in [9.17, 15) is 4.79 Å². The molecule has 2 fully saturated rings. The molecule has 0 bridgehead atoms. The average Bonchev–Trinajstić information content (AvgIpc) is 3.19. The van der Waals surface area contributed by atoms with Gasteiger partial charge in [-0.25, -0.2) is 0 Å². The van der Waals surface area contributed by atoms with E-state index in [0.29, 0.717) is 25.6 Å². The normalized spacial score (nSPS) is 21.9. The molecule has 1 aromatic heterocycles. The lowest BCUT2D eigenvalue weighted by atomic mass is 10.1. The van der Waals surface area contributed by atoms with E-state index in [-0.39, 0.29) is 5.91 Å². The molecule has 6 heteroatoms. The second-order valence-electron chi connectivity index (χ2n) is 7.91. The lowest BCUT2D eigenvalue weighted by Gasteiger charge is -2.39. The summed E-state index contributed by atoms with van der Waals surface area (Å²) in [5.41, 5.74) is 0. The van der Waals surface area contributed by atoms with Crippen LogP contribution >= 0.6 is 11.3 Å². The third-order valence-electron chi connectivity index (χ3n) is 6.03. The first-order valence-corrected chi connectivity index (χ1v) is 11.6. The predicted octanol–water partition coefficient (Wildman–Crippen LogP) is 3.33. The number of amides is 1. The topological polar surface area (TPSA) is 36.0 Å². The summed E-state index contributed by atoms with van der Waals surface area (Å²) in [7, 11) is 0. The Morgan fingerprint density at radius 3 is 2.55 bits per heavy atom. The molecule has 1 atom stereocenters. The van der Waals surface area contributed by atoms with Crippen LogP contribution in [0, 0.1) is 0 Å². The molecule has 4 rings (SSSR count). The lowest BCUT2D eigenvalue weighted by Crippen LogP contribution is -2.50. The van der Waals surface area contributed by atoms with Gasteiger partial charge in [0.2, 0.25) is 5.91 Å². The molecule has 0 aliphatic carbocycles. The number of carbonyl (C=O) groups is 1. The molecule has 0 unspecified atom stereocenters. The molecule has 0 saturated carbocycles. The molecule has 5 nitrogen and oxygen atoms in total. The number of para-hydroxylation sites is 1. The van der Waals surface area contributed by atoms with Crippen molar-refractivity contribution in [2.24, 2.45) is 0 Å². The van der Waals surface area contributed by atoms with Crippen LogP contribution in [0.15, 0.2) is 47.8 Å². The summed E-state index contributed by atoms with van der Waals surface area (Å²) in [5.74, 6) is 1.15. The number of ether oxygens (including phenoxy) is 1. The summed E-state index contributed by atoms with van der Waals surface area (Å²) >= 11 is 1.85. The van der Waals surface area contributed by atoms with Gasteiger partial charge in [-0.3, -0.25) is 14.6 Å². The summed E-state index contributed by atoms with van der Waals surface area (Å²) in [4.78, 5) is 21.2. The standard InChI is InChI=1S/C23H31N3O2S/c27-23-9-8-20(10-11-26(23)16-17-28-21-5-2-1-3-6-21)25-14-12-24(13-15-25)19-22-7-4-18-29-22/h1-7,18,20H,8-17,19H2/t20-/m0/s1. The van der Waals surface area contributed by atoms with Gasteiger partial charge in [0.1, 0.15) is 12.4 Å². The highest BCUT2D eigenvalue weighted by atomic mass is 32.1. The Balaban J connectivity index is 1.20. The Labute approximate surface area is 177 Å². The molecule has 0 spiro atoms. The van der Waals surface area contributed by atoms with Crippen molar-refractivity contribution in [2.45, 2.75) is 31.8 Å². The van der Waals surface area contributed by atoms with Crippen molar-refractivity contribution in [1.82, 2.24) is 14.7 Å². The summed E-state index contributed by atoms with van der Waals surface area (Å²) in [6.07, 6.45) is 2.72. The molecule has 1 aromatic carbocycles. The van der Waals surface area contributed by atoms with Gasteiger partial charge in [-0.1, -0.05) is 24.3 Å². The minimum absolute atomic E-state index is 0.278. The quantitative estimate of drug-likeness (QED) is 0.698. The third-order valence-corrected chi connectivity index (χ3v) is 6.89. The van der Waals surface area contributed by atoms with E-state index in [2.05, 4.69) is 27.3 Å². The van der Waals surface area contributed by atoms with E-state index in [1.165, 1.54) is 4.88 Å². The molecule has 3 heterocycles. The number of piperazine rings is 1. The monoisotopic (exact) mass is 413 g/mol. The Hall–Kier alpha value is -1.89. The van der Waals surface area contributed by atoms with Crippen LogP contribution in [0.1, 0.15) is 24.1 Å². The van der Waals surface area contributed by atoms with Crippen LogP contribution in [0.4, 0.5) is 0 Å². The molecular weight excluding hydrogens is 382 g/mol. The molecule has 29 heavy (non-hydrogen) atoms. The molecular formula is C23H31N3O2S. The molecule has 0 radical (unpaired) electrons. The van der Waals surface area contributed by atoms with Crippen molar-refractivity contribution >= 4 is 17.2 Å². The summed E-state index contributed by atoms with van der Waals surface area (Å²) in [6.45, 7) is 7.62. The van der Waals surface area contributed by atoms with E-state index >= 15 is 0 Å². The van der Waals surface area contributed by atoms with Crippen molar-refractivity contribution < 1.29 is 9.53 Å². The first kappa shape index (κ1) is 20.4. The van der Waals surface area contributed by atoms with Crippen LogP contribution in [0.25, 0.3) is 0 Å². The molecule has 2 aliphatic heterocycles. The minimum Gasteiger partial charge on any atom is -0.492 e. The number of benzene rings is 1. The van der Waals surface area contributed by atoms with Crippen molar-refractivity contribution in [3.05, 3.63) is 52.7 Å². The van der Waals surface area contributed by atoms with Crippen LogP contribution < -0.4 is 4.74 Å². The van der Waals surface area contributed by atoms with Gasteiger partial charge in [-0.15, -0.1) is 11.3 Å². The highest BCUT2D eigenvalue weighted by Gasteiger charge is 2.28. The summed E-state index contributed by atoms with van der Waals surface area (Å²) < 4.78 is 5.79. The largest absolute Gasteiger partial charge is 0.492 e. The maximum Gasteiger partial charge on any atom is 0.222 e. The van der Waals surface area contributed by atoms with Crippen molar-refractivity contribution in [3.63, 3.8) is 0 Å². The zero-order valence-corrected chi connectivity index (χ0v) is 17.9. The Morgan fingerprint density at radius 1 is 0.966 bits per heavy atom. The van der Waals surface area contributed by atoms with E-state index in [0.717, 1.165) is 57.9 Å². The second kappa shape index (κ2) is 10.2. The Bertz CT molecular complexity index is 745.